The zero-order valence-electron chi connectivity index (χ0n) is 16.2. The molecule has 0 spiro atoms. The van der Waals surface area contributed by atoms with Gasteiger partial charge in [0.05, 0.1) is 29.7 Å². The Morgan fingerprint density at radius 1 is 0.731 bits per heavy atom. The summed E-state index contributed by atoms with van der Waals surface area (Å²) in [6, 6.07) is 27.4. The van der Waals surface area contributed by atoms with Gasteiger partial charge in [0.1, 0.15) is 0 Å². The van der Waals surface area contributed by atoms with Gasteiger partial charge in [0.15, 0.2) is 0 Å². The first-order valence-electron chi connectivity index (χ1n) is 9.63. The van der Waals surface area contributed by atoms with Crippen molar-refractivity contribution in [1.29, 1.82) is 0 Å². The van der Waals surface area contributed by atoms with Crippen LogP contribution in [0.1, 0.15) is 42.0 Å². The summed E-state index contributed by atoms with van der Waals surface area (Å²) < 4.78 is 0. The fourth-order valence-corrected chi connectivity index (χ4v) is 9.90. The van der Waals surface area contributed by atoms with Gasteiger partial charge in [-0.15, -0.1) is 0 Å². The molecule has 3 aromatic carbocycles. The summed E-state index contributed by atoms with van der Waals surface area (Å²) in [4.78, 5) is 0. The van der Waals surface area contributed by atoms with E-state index in [1.165, 1.54) is 17.3 Å². The third-order valence-corrected chi connectivity index (χ3v) is 11.7. The molecule has 0 aromatic heterocycles. The molecule has 0 nitrogen and oxygen atoms in total. The van der Waals surface area contributed by atoms with Gasteiger partial charge in [0.2, 0.25) is 0 Å². The topological polar surface area (TPSA) is 0 Å². The Labute approximate surface area is 158 Å². The van der Waals surface area contributed by atoms with Crippen LogP contribution in [-0.2, 0) is 6.16 Å². The molecule has 1 heterocycles. The van der Waals surface area contributed by atoms with Gasteiger partial charge in [-0.3, -0.25) is 0 Å². The summed E-state index contributed by atoms with van der Waals surface area (Å²) in [5.74, 6) is 0.576. The lowest BCUT2D eigenvalue weighted by molar-refractivity contribution is 0.714. The Morgan fingerprint density at radius 2 is 1.27 bits per heavy atom. The van der Waals surface area contributed by atoms with Crippen molar-refractivity contribution < 1.29 is 0 Å². The fraction of sp³-hybridized carbons (Fsp3) is 0.280. The highest BCUT2D eigenvalue weighted by atomic mass is 31.2. The van der Waals surface area contributed by atoms with Gasteiger partial charge in [-0.05, 0) is 67.3 Å². The number of hydrogen-bond acceptors (Lipinski definition) is 0. The first kappa shape index (κ1) is 17.5. The van der Waals surface area contributed by atoms with Crippen LogP contribution in [0.2, 0.25) is 0 Å². The molecule has 1 aliphatic rings. The Morgan fingerprint density at radius 3 is 1.81 bits per heavy atom. The maximum absolute atomic E-state index is 2.50. The van der Waals surface area contributed by atoms with Gasteiger partial charge in [-0.25, -0.2) is 0 Å². The summed E-state index contributed by atoms with van der Waals surface area (Å²) in [7, 11) is -1.52. The Hall–Kier alpha value is -1.91. The lowest BCUT2D eigenvalue weighted by atomic mass is 9.89. The zero-order chi connectivity index (χ0) is 18.3. The summed E-state index contributed by atoms with van der Waals surface area (Å²) in [6.45, 7) is 9.51. The molecule has 1 aliphatic heterocycles. The highest BCUT2D eigenvalue weighted by molar-refractivity contribution is 7.89. The molecule has 2 atom stereocenters. The van der Waals surface area contributed by atoms with Crippen LogP contribution < -0.4 is 10.6 Å². The van der Waals surface area contributed by atoms with Crippen LogP contribution in [0.4, 0.5) is 0 Å². The molecule has 132 valence electrons. The fourth-order valence-electron chi connectivity index (χ4n) is 4.76. The lowest BCUT2D eigenvalue weighted by Gasteiger charge is -2.41. The van der Waals surface area contributed by atoms with Gasteiger partial charge < -0.3 is 0 Å². The van der Waals surface area contributed by atoms with Crippen LogP contribution in [0, 0.1) is 13.8 Å². The van der Waals surface area contributed by atoms with Gasteiger partial charge in [0.25, 0.3) is 0 Å². The zero-order valence-corrected chi connectivity index (χ0v) is 17.1. The molecule has 0 amide bonds. The molecule has 0 N–H and O–H groups in total. The highest BCUT2D eigenvalue weighted by Crippen LogP contribution is 2.69. The van der Waals surface area contributed by atoms with Crippen molar-refractivity contribution in [3.05, 3.63) is 95.1 Å². The third-order valence-electron chi connectivity index (χ3n) is 6.66. The second-order valence-corrected chi connectivity index (χ2v) is 11.7. The maximum Gasteiger partial charge on any atom is 0.0998 e. The molecule has 26 heavy (non-hydrogen) atoms. The second-order valence-electron chi connectivity index (χ2n) is 7.80. The van der Waals surface area contributed by atoms with Gasteiger partial charge >= 0.3 is 0 Å². The quantitative estimate of drug-likeness (QED) is 0.494. The monoisotopic (exact) mass is 359 g/mol. The molecule has 4 rings (SSSR count). The third kappa shape index (κ3) is 2.55. The smallest absolute Gasteiger partial charge is 0.0620 e. The molecule has 0 saturated carbocycles. The standard InChI is InChI=1S/C25H28P/c1-18-15-16-24-20(3)21(4)26(17-25(24)19(18)2,22-11-7-5-8-12-22)23-13-9-6-10-14-23/h5-16,20-21H,17H2,1-4H3/q+1. The predicted octanol–water partition coefficient (Wildman–Crippen LogP) is 5.98. The van der Waals surface area contributed by atoms with E-state index in [0.717, 1.165) is 0 Å². The average Bonchev–Trinajstić information content (AvgIpc) is 2.69. The molecule has 1 heteroatoms. The highest BCUT2D eigenvalue weighted by Gasteiger charge is 2.53. The minimum atomic E-state index is -1.52. The van der Waals surface area contributed by atoms with Crippen LogP contribution in [0.15, 0.2) is 72.8 Å². The molecule has 3 aromatic rings. The molecule has 0 bridgehead atoms. The minimum Gasteiger partial charge on any atom is -0.0620 e. The van der Waals surface area contributed by atoms with Gasteiger partial charge in [-0.2, -0.15) is 0 Å². The Bertz CT molecular complexity index is 872. The van der Waals surface area contributed by atoms with Gasteiger partial charge in [-0.1, -0.05) is 55.5 Å². The van der Waals surface area contributed by atoms with Crippen LogP contribution in [0.3, 0.4) is 0 Å². The Balaban J connectivity index is 2.02. The first-order chi connectivity index (χ1) is 12.6. The molecule has 0 aliphatic carbocycles. The van der Waals surface area contributed by atoms with Crippen LogP contribution in [0.5, 0.6) is 0 Å². The molecular formula is C25H28P+. The van der Waals surface area contributed by atoms with E-state index >= 15 is 0 Å². The average molecular weight is 359 g/mol. The minimum absolute atomic E-state index is 0.576. The summed E-state index contributed by atoms with van der Waals surface area (Å²) in [5, 5.41) is 3.11. The van der Waals surface area contributed by atoms with Crippen molar-refractivity contribution >= 4 is 17.9 Å². The van der Waals surface area contributed by atoms with Crippen molar-refractivity contribution in [1.82, 2.24) is 0 Å². The van der Waals surface area contributed by atoms with E-state index in [1.54, 1.807) is 21.7 Å². The number of rotatable bonds is 2. The van der Waals surface area contributed by atoms with Crippen molar-refractivity contribution in [3.8, 4) is 0 Å². The molecular weight excluding hydrogens is 331 g/mol. The van der Waals surface area contributed by atoms with Gasteiger partial charge in [0, 0.05) is 5.92 Å². The number of fused-ring (bicyclic) bond motifs is 1. The summed E-state index contributed by atoms with van der Waals surface area (Å²) in [5.41, 5.74) is 6.74. The summed E-state index contributed by atoms with van der Waals surface area (Å²) in [6.07, 6.45) is 1.19. The lowest BCUT2D eigenvalue weighted by Crippen LogP contribution is -2.37. The Kier molecular flexibility index (Phi) is 4.49. The predicted molar refractivity (Wildman–Crippen MR) is 117 cm³/mol. The van der Waals surface area contributed by atoms with E-state index in [0.29, 0.717) is 11.6 Å². The van der Waals surface area contributed by atoms with E-state index < -0.39 is 7.26 Å². The van der Waals surface area contributed by atoms with E-state index in [2.05, 4.69) is 100 Å². The van der Waals surface area contributed by atoms with E-state index in [1.807, 2.05) is 0 Å². The van der Waals surface area contributed by atoms with E-state index in [9.17, 15) is 0 Å². The van der Waals surface area contributed by atoms with E-state index in [4.69, 9.17) is 0 Å². The summed E-state index contributed by atoms with van der Waals surface area (Å²) >= 11 is 0. The van der Waals surface area contributed by atoms with Crippen LogP contribution in [-0.4, -0.2) is 5.66 Å². The molecule has 0 fully saturated rings. The molecule has 0 radical (unpaired) electrons. The maximum atomic E-state index is 2.50. The van der Waals surface area contributed by atoms with E-state index in [-0.39, 0.29) is 0 Å². The van der Waals surface area contributed by atoms with Crippen molar-refractivity contribution in [2.75, 3.05) is 0 Å². The van der Waals surface area contributed by atoms with Crippen molar-refractivity contribution in [2.45, 2.75) is 45.4 Å². The first-order valence-corrected chi connectivity index (χ1v) is 11.7. The normalized spacial score (nSPS) is 21.2. The van der Waals surface area contributed by atoms with Crippen LogP contribution >= 0.6 is 7.26 Å². The molecule has 0 saturated heterocycles. The van der Waals surface area contributed by atoms with Crippen molar-refractivity contribution in [2.24, 2.45) is 0 Å². The van der Waals surface area contributed by atoms with Crippen LogP contribution in [0.25, 0.3) is 0 Å². The SMILES string of the molecule is Cc1ccc2c(c1C)C[P+](c1ccccc1)(c1ccccc1)C(C)C2C. The second kappa shape index (κ2) is 6.67. The van der Waals surface area contributed by atoms with Crippen molar-refractivity contribution in [3.63, 3.8) is 0 Å². The number of benzene rings is 3. The largest absolute Gasteiger partial charge is 0.0998 e. The number of hydrogen-bond donors (Lipinski definition) is 0. The molecule has 2 unspecified atom stereocenters. The number of aryl methyl sites for hydroxylation is 1.